The van der Waals surface area contributed by atoms with Gasteiger partial charge in [-0.1, -0.05) is 28.1 Å². The number of nitrogens with one attached hydrogen (secondary N) is 1. The van der Waals surface area contributed by atoms with Gasteiger partial charge in [0.25, 0.3) is 0 Å². The van der Waals surface area contributed by atoms with Gasteiger partial charge in [-0.2, -0.15) is 0 Å². The molecule has 1 N–H and O–H groups in total. The third-order valence-electron chi connectivity index (χ3n) is 2.51. The normalized spacial score (nSPS) is 14.8. The van der Waals surface area contributed by atoms with E-state index in [0.29, 0.717) is 6.54 Å². The van der Waals surface area contributed by atoms with Crippen LogP contribution in [0.5, 0.6) is 0 Å². The SMILES string of the molecule is CS(=O)(=O)NCC1=CCc2cc(Br)ccc21. The van der Waals surface area contributed by atoms with E-state index in [2.05, 4.69) is 32.8 Å². The highest BCUT2D eigenvalue weighted by Gasteiger charge is 2.14. The topological polar surface area (TPSA) is 46.2 Å². The monoisotopic (exact) mass is 301 g/mol. The first-order valence-electron chi connectivity index (χ1n) is 4.88. The largest absolute Gasteiger partial charge is 0.213 e. The summed E-state index contributed by atoms with van der Waals surface area (Å²) in [5, 5.41) is 0. The maximum Gasteiger partial charge on any atom is 0.209 e. The fourth-order valence-electron chi connectivity index (χ4n) is 1.76. The highest BCUT2D eigenvalue weighted by atomic mass is 79.9. The molecule has 2 rings (SSSR count). The van der Waals surface area contributed by atoms with Gasteiger partial charge in [-0.3, -0.25) is 0 Å². The van der Waals surface area contributed by atoms with Gasteiger partial charge in [0, 0.05) is 11.0 Å². The first-order valence-corrected chi connectivity index (χ1v) is 7.56. The quantitative estimate of drug-likeness (QED) is 0.927. The molecule has 16 heavy (non-hydrogen) atoms. The molecule has 5 heteroatoms. The molecule has 1 aliphatic rings. The number of fused-ring (bicyclic) bond motifs is 1. The molecule has 0 bridgehead atoms. The summed E-state index contributed by atoms with van der Waals surface area (Å²) in [6, 6.07) is 6.06. The second-order valence-electron chi connectivity index (χ2n) is 3.83. The molecule has 3 nitrogen and oxygen atoms in total. The zero-order valence-electron chi connectivity index (χ0n) is 8.83. The summed E-state index contributed by atoms with van der Waals surface area (Å²) < 4.78 is 25.6. The second kappa shape index (κ2) is 4.31. The first-order chi connectivity index (χ1) is 7.46. The maximum atomic E-state index is 11.0. The van der Waals surface area contributed by atoms with Gasteiger partial charge in [0.2, 0.25) is 10.0 Å². The molecule has 1 aromatic rings. The van der Waals surface area contributed by atoms with Crippen molar-refractivity contribution in [3.63, 3.8) is 0 Å². The second-order valence-corrected chi connectivity index (χ2v) is 6.58. The highest BCUT2D eigenvalue weighted by molar-refractivity contribution is 9.10. The Morgan fingerprint density at radius 2 is 2.19 bits per heavy atom. The van der Waals surface area contributed by atoms with E-state index in [0.717, 1.165) is 22.0 Å². The van der Waals surface area contributed by atoms with Crippen LogP contribution in [0.3, 0.4) is 0 Å². The zero-order valence-corrected chi connectivity index (χ0v) is 11.2. The minimum atomic E-state index is -3.12. The van der Waals surface area contributed by atoms with Crippen molar-refractivity contribution in [1.29, 1.82) is 0 Å². The van der Waals surface area contributed by atoms with E-state index in [4.69, 9.17) is 0 Å². The number of hydrogen-bond acceptors (Lipinski definition) is 2. The van der Waals surface area contributed by atoms with Crippen LogP contribution in [0.2, 0.25) is 0 Å². The zero-order chi connectivity index (χ0) is 11.8. The third kappa shape index (κ3) is 2.72. The molecule has 86 valence electrons. The van der Waals surface area contributed by atoms with E-state index in [1.54, 1.807) is 0 Å². The van der Waals surface area contributed by atoms with Gasteiger partial charge in [0.15, 0.2) is 0 Å². The van der Waals surface area contributed by atoms with Gasteiger partial charge >= 0.3 is 0 Å². The molecular weight excluding hydrogens is 290 g/mol. The van der Waals surface area contributed by atoms with Gasteiger partial charge in [-0.25, -0.2) is 13.1 Å². The van der Waals surface area contributed by atoms with Crippen LogP contribution in [-0.4, -0.2) is 21.2 Å². The number of halogens is 1. The van der Waals surface area contributed by atoms with Gasteiger partial charge in [0.05, 0.1) is 6.26 Å². The summed E-state index contributed by atoms with van der Waals surface area (Å²) in [6.07, 6.45) is 4.11. The molecule has 0 aliphatic heterocycles. The standard InChI is InChI=1S/C11H12BrNO2S/c1-16(14,15)13-7-9-3-2-8-6-10(12)4-5-11(8)9/h3-6,13H,2,7H2,1H3. The molecule has 0 aromatic heterocycles. The Labute approximate surface area is 104 Å². The van der Waals surface area contributed by atoms with Crippen molar-refractivity contribution in [2.75, 3.05) is 12.8 Å². The molecule has 1 aliphatic carbocycles. The minimum Gasteiger partial charge on any atom is -0.213 e. The Morgan fingerprint density at radius 3 is 2.88 bits per heavy atom. The Kier molecular flexibility index (Phi) is 3.19. The molecule has 0 saturated carbocycles. The average Bonchev–Trinajstić information content (AvgIpc) is 2.56. The van der Waals surface area contributed by atoms with Gasteiger partial charge in [0.1, 0.15) is 0 Å². The summed E-state index contributed by atoms with van der Waals surface area (Å²) in [5.74, 6) is 0. The van der Waals surface area contributed by atoms with Gasteiger partial charge in [-0.15, -0.1) is 0 Å². The lowest BCUT2D eigenvalue weighted by molar-refractivity contribution is 0.592. The third-order valence-corrected chi connectivity index (χ3v) is 3.67. The van der Waals surface area contributed by atoms with E-state index < -0.39 is 10.0 Å². The highest BCUT2D eigenvalue weighted by Crippen LogP contribution is 2.29. The van der Waals surface area contributed by atoms with Crippen molar-refractivity contribution in [2.24, 2.45) is 0 Å². The van der Waals surface area contributed by atoms with Crippen molar-refractivity contribution in [3.8, 4) is 0 Å². The molecule has 0 amide bonds. The van der Waals surface area contributed by atoms with Crippen LogP contribution >= 0.6 is 15.9 Å². The van der Waals surface area contributed by atoms with Crippen LogP contribution in [0.1, 0.15) is 11.1 Å². The van der Waals surface area contributed by atoms with E-state index >= 15 is 0 Å². The smallest absolute Gasteiger partial charge is 0.209 e. The Hall–Kier alpha value is -0.650. The van der Waals surface area contributed by atoms with Crippen LogP contribution in [0.15, 0.2) is 28.7 Å². The van der Waals surface area contributed by atoms with Gasteiger partial charge in [-0.05, 0) is 35.3 Å². The van der Waals surface area contributed by atoms with E-state index in [1.165, 1.54) is 11.8 Å². The lowest BCUT2D eigenvalue weighted by Crippen LogP contribution is -2.23. The van der Waals surface area contributed by atoms with E-state index in [-0.39, 0.29) is 0 Å². The number of hydrogen-bond donors (Lipinski definition) is 1. The average molecular weight is 302 g/mol. The number of allylic oxidation sites excluding steroid dienone is 1. The summed E-state index contributed by atoms with van der Waals surface area (Å²) >= 11 is 3.42. The predicted molar refractivity (Wildman–Crippen MR) is 68.7 cm³/mol. The molecule has 0 saturated heterocycles. The van der Waals surface area contributed by atoms with Crippen molar-refractivity contribution in [3.05, 3.63) is 39.9 Å². The Balaban J connectivity index is 2.17. The number of rotatable bonds is 3. The van der Waals surface area contributed by atoms with Crippen LogP contribution in [0, 0.1) is 0 Å². The number of benzene rings is 1. The molecule has 1 aromatic carbocycles. The first kappa shape index (κ1) is 11.8. The molecule has 0 fully saturated rings. The Bertz CT molecular complexity index is 549. The minimum absolute atomic E-state index is 0.369. The molecule has 0 spiro atoms. The van der Waals surface area contributed by atoms with Crippen molar-refractivity contribution < 1.29 is 8.42 Å². The fraction of sp³-hybridized carbons (Fsp3) is 0.273. The molecular formula is C11H12BrNO2S. The van der Waals surface area contributed by atoms with Gasteiger partial charge < -0.3 is 0 Å². The van der Waals surface area contributed by atoms with Crippen LogP contribution in [0.25, 0.3) is 5.57 Å². The van der Waals surface area contributed by atoms with Crippen LogP contribution in [-0.2, 0) is 16.4 Å². The summed E-state index contributed by atoms with van der Waals surface area (Å²) in [7, 11) is -3.12. The summed E-state index contributed by atoms with van der Waals surface area (Å²) in [4.78, 5) is 0. The van der Waals surface area contributed by atoms with Crippen LogP contribution in [0.4, 0.5) is 0 Å². The summed E-state index contributed by atoms with van der Waals surface area (Å²) in [5.41, 5.74) is 3.42. The summed E-state index contributed by atoms with van der Waals surface area (Å²) in [6.45, 7) is 0.369. The number of sulfonamides is 1. The molecule has 0 atom stereocenters. The van der Waals surface area contributed by atoms with Crippen molar-refractivity contribution >= 4 is 31.5 Å². The lowest BCUT2D eigenvalue weighted by Gasteiger charge is -2.06. The molecule has 0 radical (unpaired) electrons. The maximum absolute atomic E-state index is 11.0. The molecule has 0 heterocycles. The Morgan fingerprint density at radius 1 is 1.44 bits per heavy atom. The van der Waals surface area contributed by atoms with Crippen molar-refractivity contribution in [1.82, 2.24) is 4.72 Å². The fourth-order valence-corrected chi connectivity index (χ4v) is 2.59. The molecule has 0 unspecified atom stereocenters. The predicted octanol–water partition coefficient (Wildman–Crippen LogP) is 1.94. The van der Waals surface area contributed by atoms with E-state index in [9.17, 15) is 8.42 Å². The van der Waals surface area contributed by atoms with Crippen molar-refractivity contribution in [2.45, 2.75) is 6.42 Å². The van der Waals surface area contributed by atoms with Crippen LogP contribution < -0.4 is 4.72 Å². The lowest BCUT2D eigenvalue weighted by atomic mass is 10.1. The van der Waals surface area contributed by atoms with E-state index in [1.807, 2.05) is 12.1 Å².